The summed E-state index contributed by atoms with van der Waals surface area (Å²) >= 11 is 0. The second-order valence-electron chi connectivity index (χ2n) is 15.2. The van der Waals surface area contributed by atoms with E-state index < -0.39 is 42.8 Å². The highest BCUT2D eigenvalue weighted by Crippen LogP contribution is 2.68. The number of hydrogen-bond donors (Lipinski definition) is 0. The Morgan fingerprint density at radius 3 is 1.94 bits per heavy atom. The van der Waals surface area contributed by atoms with Crippen molar-refractivity contribution in [2.45, 2.75) is 137 Å². The molecule has 1 heterocycles. The molecule has 2 bridgehead atoms. The van der Waals surface area contributed by atoms with Gasteiger partial charge in [0.25, 0.3) is 0 Å². The van der Waals surface area contributed by atoms with Crippen molar-refractivity contribution >= 4 is 32.5 Å². The molecule has 0 spiro atoms. The molecule has 3 aliphatic rings. The van der Waals surface area contributed by atoms with E-state index in [1.54, 1.807) is 0 Å². The van der Waals surface area contributed by atoms with Crippen LogP contribution in [0.25, 0.3) is 0 Å². The molecule has 2 aliphatic carbocycles. The van der Waals surface area contributed by atoms with Crippen LogP contribution in [0.5, 0.6) is 0 Å². The Hall–Kier alpha value is -0.636. The molecule has 0 aromatic carbocycles. The summed E-state index contributed by atoms with van der Waals surface area (Å²) in [5.41, 5.74) is -3.54. The lowest BCUT2D eigenvalue weighted by Gasteiger charge is -2.63. The number of ketones is 3. The summed E-state index contributed by atoms with van der Waals surface area (Å²) in [6.07, 6.45) is 1.98. The van der Waals surface area contributed by atoms with Crippen LogP contribution in [-0.2, 0) is 23.9 Å². The van der Waals surface area contributed by atoms with Crippen molar-refractivity contribution < 1.29 is 23.9 Å². The van der Waals surface area contributed by atoms with Crippen molar-refractivity contribution in [2.75, 3.05) is 0 Å². The van der Waals surface area contributed by atoms with Crippen LogP contribution >= 0.6 is 0 Å². The van der Waals surface area contributed by atoms with E-state index in [2.05, 4.69) is 32.7 Å². The first kappa shape index (κ1) is 28.9. The van der Waals surface area contributed by atoms with Crippen molar-refractivity contribution in [3.05, 3.63) is 0 Å². The monoisotopic (exact) mass is 522 g/mol. The first-order valence-electron chi connectivity index (χ1n) is 13.5. The third-order valence-electron chi connectivity index (χ3n) is 10.4. The molecule has 0 N–H and O–H groups in total. The van der Waals surface area contributed by atoms with Gasteiger partial charge in [-0.15, -0.1) is 0 Å². The fourth-order valence-electron chi connectivity index (χ4n) is 7.54. The summed E-state index contributed by atoms with van der Waals surface area (Å²) in [6, 6.07) is 0. The van der Waals surface area contributed by atoms with Gasteiger partial charge >= 0.3 is 0 Å². The number of carbonyl (C=O) groups is 3. The van der Waals surface area contributed by atoms with Gasteiger partial charge in [0.1, 0.15) is 0 Å². The SMILES string of the molecule is CC(C)C(=O)[C@@]12C(=O)C[C@@H]([Si](C)(C)[Si](C)(C)C)[C@@](C[C@H]3OC(C)(C)OC3(C)C)(CCC1(C)C)C2=O. The quantitative estimate of drug-likeness (QED) is 0.300. The van der Waals surface area contributed by atoms with Gasteiger partial charge in [0.15, 0.2) is 28.6 Å². The number of Topliss-reactive ketones (excluding diaryl/α,β-unsaturated/α-hetero) is 3. The Morgan fingerprint density at radius 2 is 1.51 bits per heavy atom. The molecule has 35 heavy (non-hydrogen) atoms. The van der Waals surface area contributed by atoms with Crippen LogP contribution in [0.3, 0.4) is 0 Å². The highest BCUT2D eigenvalue weighted by molar-refractivity contribution is 7.41. The maximum atomic E-state index is 15.1. The maximum absolute atomic E-state index is 15.1. The van der Waals surface area contributed by atoms with Crippen molar-refractivity contribution in [2.24, 2.45) is 22.2 Å². The molecular weight excluding hydrogens is 472 g/mol. The molecule has 1 aliphatic heterocycles. The number of hydrogen-bond acceptors (Lipinski definition) is 5. The van der Waals surface area contributed by atoms with Crippen molar-refractivity contribution in [1.82, 2.24) is 0 Å². The normalized spacial score (nSPS) is 36.5. The minimum atomic E-state index is -2.05. The van der Waals surface area contributed by atoms with Gasteiger partial charge in [-0.3, -0.25) is 14.4 Å². The average Bonchev–Trinajstić information content (AvgIpc) is 2.86. The van der Waals surface area contributed by atoms with Crippen LogP contribution in [0.1, 0.15) is 81.1 Å². The number of ether oxygens (including phenoxy) is 2. The molecule has 7 heteroatoms. The summed E-state index contributed by atoms with van der Waals surface area (Å²) < 4.78 is 12.7. The Morgan fingerprint density at radius 1 is 0.971 bits per heavy atom. The van der Waals surface area contributed by atoms with E-state index in [9.17, 15) is 9.59 Å². The number of carbonyl (C=O) groups excluding carboxylic acids is 3. The van der Waals surface area contributed by atoms with E-state index in [4.69, 9.17) is 9.47 Å². The lowest BCUT2D eigenvalue weighted by atomic mass is 9.41. The number of fused-ring (bicyclic) bond motifs is 2. The maximum Gasteiger partial charge on any atom is 0.164 e. The molecule has 2 saturated carbocycles. The molecule has 5 nitrogen and oxygen atoms in total. The molecule has 4 atom stereocenters. The fourth-order valence-corrected chi connectivity index (χ4v) is 15.3. The topological polar surface area (TPSA) is 69.7 Å². The predicted octanol–water partition coefficient (Wildman–Crippen LogP) is 6.36. The van der Waals surface area contributed by atoms with Gasteiger partial charge in [0, 0.05) is 32.9 Å². The Labute approximate surface area is 215 Å². The summed E-state index contributed by atoms with van der Waals surface area (Å²) in [4.78, 5) is 43.3. The lowest BCUT2D eigenvalue weighted by molar-refractivity contribution is -0.181. The van der Waals surface area contributed by atoms with Gasteiger partial charge in [0.05, 0.1) is 11.7 Å². The zero-order valence-corrected chi connectivity index (χ0v) is 26.6. The van der Waals surface area contributed by atoms with Crippen LogP contribution in [0.15, 0.2) is 0 Å². The van der Waals surface area contributed by atoms with E-state index in [0.29, 0.717) is 25.7 Å². The third kappa shape index (κ3) is 4.02. The van der Waals surface area contributed by atoms with E-state index in [-0.39, 0.29) is 34.9 Å². The van der Waals surface area contributed by atoms with Crippen LogP contribution in [0, 0.1) is 22.2 Å². The molecular formula is C28H50O5Si2. The van der Waals surface area contributed by atoms with Gasteiger partial charge in [-0.1, -0.05) is 60.4 Å². The fraction of sp³-hybridized carbons (Fsp3) is 0.893. The first-order chi connectivity index (χ1) is 15.5. The summed E-state index contributed by atoms with van der Waals surface area (Å²) in [6.45, 7) is 27.5. The van der Waals surface area contributed by atoms with Crippen molar-refractivity contribution in [3.8, 4) is 0 Å². The van der Waals surface area contributed by atoms with Crippen LogP contribution < -0.4 is 0 Å². The largest absolute Gasteiger partial charge is 0.344 e. The molecule has 0 radical (unpaired) electrons. The minimum absolute atomic E-state index is 0.00830. The van der Waals surface area contributed by atoms with Gasteiger partial charge in [-0.25, -0.2) is 0 Å². The summed E-state index contributed by atoms with van der Waals surface area (Å²) in [5.74, 6) is -1.51. The van der Waals surface area contributed by atoms with Crippen molar-refractivity contribution in [1.29, 1.82) is 0 Å². The van der Waals surface area contributed by atoms with Crippen LogP contribution in [-0.4, -0.2) is 50.0 Å². The summed E-state index contributed by atoms with van der Waals surface area (Å²) in [7, 11) is -3.73. The van der Waals surface area contributed by atoms with E-state index >= 15 is 4.79 Å². The molecule has 0 aromatic rings. The molecule has 3 rings (SSSR count). The Balaban J connectivity index is 2.29. The second kappa shape index (κ2) is 8.18. The minimum Gasteiger partial charge on any atom is -0.344 e. The number of rotatable bonds is 6. The van der Waals surface area contributed by atoms with E-state index in [1.807, 2.05) is 55.4 Å². The molecule has 3 fully saturated rings. The van der Waals surface area contributed by atoms with Crippen molar-refractivity contribution in [3.63, 3.8) is 0 Å². The molecule has 1 saturated heterocycles. The van der Waals surface area contributed by atoms with Gasteiger partial charge in [-0.05, 0) is 57.9 Å². The lowest BCUT2D eigenvalue weighted by Crippen LogP contribution is -2.73. The van der Waals surface area contributed by atoms with E-state index in [1.165, 1.54) is 0 Å². The zero-order valence-electron chi connectivity index (χ0n) is 24.6. The molecule has 0 aromatic heterocycles. The zero-order chi connectivity index (χ0) is 27.2. The summed E-state index contributed by atoms with van der Waals surface area (Å²) in [5, 5.41) is 0. The molecule has 0 amide bonds. The van der Waals surface area contributed by atoms with E-state index in [0.717, 1.165) is 0 Å². The van der Waals surface area contributed by atoms with Gasteiger partial charge in [0.2, 0.25) is 0 Å². The van der Waals surface area contributed by atoms with Gasteiger partial charge in [-0.2, -0.15) is 0 Å². The first-order valence-corrected chi connectivity index (χ1v) is 21.1. The molecule has 0 unspecified atom stereocenters. The van der Waals surface area contributed by atoms with Crippen LogP contribution in [0.2, 0.25) is 38.3 Å². The third-order valence-corrected chi connectivity index (χ3v) is 29.4. The highest BCUT2D eigenvalue weighted by atomic mass is 29.3. The predicted molar refractivity (Wildman–Crippen MR) is 146 cm³/mol. The highest BCUT2D eigenvalue weighted by Gasteiger charge is 2.75. The van der Waals surface area contributed by atoms with Gasteiger partial charge < -0.3 is 9.47 Å². The molecule has 200 valence electrons. The Bertz CT molecular complexity index is 926. The van der Waals surface area contributed by atoms with Crippen LogP contribution in [0.4, 0.5) is 0 Å². The second-order valence-corrected chi connectivity index (χ2v) is 32.2. The average molecular weight is 523 g/mol. The smallest absolute Gasteiger partial charge is 0.164 e. The standard InChI is InChI=1S/C28H50O5Si2/c1-18(2)22(30)28-19(29)16-21(35(12,13)34(9,10)11)27(23(28)31,15-14-24(28,3)4)17-20-25(5,6)33-26(7,8)32-20/h18,20-21H,14-17H2,1-13H3/t20-,21-,27+,28-/m1/s1. The Kier molecular flexibility index (Phi) is 6.76.